The van der Waals surface area contributed by atoms with Crippen molar-refractivity contribution in [2.24, 2.45) is 0 Å². The summed E-state index contributed by atoms with van der Waals surface area (Å²) in [5.41, 5.74) is 0. The number of nitrogens with zero attached hydrogens (tertiary/aromatic N) is 1. The molecule has 0 unspecified atom stereocenters. The van der Waals surface area contributed by atoms with Crippen LogP contribution >= 0.6 is 0 Å². The first-order chi connectivity index (χ1) is 7.63. The molecular formula is C11H20N2O3. The number of amides is 2. The molecule has 0 radical (unpaired) electrons. The summed E-state index contributed by atoms with van der Waals surface area (Å²) < 4.78 is 0. The molecular weight excluding hydrogens is 208 g/mol. The lowest BCUT2D eigenvalue weighted by Crippen LogP contribution is -2.44. The van der Waals surface area contributed by atoms with Gasteiger partial charge < -0.3 is 15.3 Å². The number of carbonyl (C=O) groups excluding carboxylic acids is 2. The highest BCUT2D eigenvalue weighted by Gasteiger charge is 2.19. The minimum Gasteiger partial charge on any atom is -0.394 e. The molecule has 1 atom stereocenters. The predicted molar refractivity (Wildman–Crippen MR) is 59.7 cm³/mol. The second-order valence-corrected chi connectivity index (χ2v) is 4.28. The normalized spacial score (nSPS) is 19.1. The van der Waals surface area contributed by atoms with Crippen molar-refractivity contribution in [3.63, 3.8) is 0 Å². The molecule has 1 saturated heterocycles. The molecule has 0 aromatic carbocycles. The molecule has 5 heteroatoms. The minimum absolute atomic E-state index is 0.0595. The van der Waals surface area contributed by atoms with E-state index in [0.29, 0.717) is 13.0 Å². The Hall–Kier alpha value is -1.10. The van der Waals surface area contributed by atoms with Crippen LogP contribution in [0.2, 0.25) is 0 Å². The molecule has 2 amide bonds. The molecule has 0 spiro atoms. The summed E-state index contributed by atoms with van der Waals surface area (Å²) in [5, 5.41) is 11.4. The molecule has 1 rings (SSSR count). The molecule has 1 heterocycles. The molecule has 0 aliphatic carbocycles. The van der Waals surface area contributed by atoms with E-state index in [2.05, 4.69) is 5.32 Å². The third kappa shape index (κ3) is 4.18. The number of nitrogens with one attached hydrogen (secondary N) is 1. The van der Waals surface area contributed by atoms with E-state index >= 15 is 0 Å². The summed E-state index contributed by atoms with van der Waals surface area (Å²) in [6.45, 7) is 2.42. The van der Waals surface area contributed by atoms with Gasteiger partial charge in [0, 0.05) is 19.0 Å². The van der Waals surface area contributed by atoms with Crippen LogP contribution in [0.25, 0.3) is 0 Å². The van der Waals surface area contributed by atoms with Gasteiger partial charge in [0.25, 0.3) is 0 Å². The summed E-state index contributed by atoms with van der Waals surface area (Å²) >= 11 is 0. The third-order valence-electron chi connectivity index (χ3n) is 2.69. The van der Waals surface area contributed by atoms with E-state index in [1.807, 2.05) is 0 Å². The summed E-state index contributed by atoms with van der Waals surface area (Å²) in [6.07, 6.45) is 3.48. The van der Waals surface area contributed by atoms with Crippen LogP contribution in [0.5, 0.6) is 0 Å². The van der Waals surface area contributed by atoms with Crippen molar-refractivity contribution in [1.29, 1.82) is 0 Å². The Kier molecular flexibility index (Phi) is 5.25. The zero-order chi connectivity index (χ0) is 12.0. The number of hydrogen-bond acceptors (Lipinski definition) is 3. The molecule has 0 saturated carbocycles. The number of carbonyl (C=O) groups is 2. The van der Waals surface area contributed by atoms with Crippen molar-refractivity contribution in [1.82, 2.24) is 10.2 Å². The maximum absolute atomic E-state index is 11.6. The maximum Gasteiger partial charge on any atom is 0.239 e. The van der Waals surface area contributed by atoms with Crippen molar-refractivity contribution in [2.75, 3.05) is 19.7 Å². The van der Waals surface area contributed by atoms with E-state index in [1.165, 1.54) is 0 Å². The van der Waals surface area contributed by atoms with E-state index in [0.717, 1.165) is 19.3 Å². The molecule has 2 N–H and O–H groups in total. The van der Waals surface area contributed by atoms with Crippen LogP contribution in [-0.4, -0.2) is 47.6 Å². The van der Waals surface area contributed by atoms with Crippen LogP contribution in [-0.2, 0) is 9.59 Å². The predicted octanol–water partition coefficient (Wildman–Crippen LogP) is -0.114. The fourth-order valence-electron chi connectivity index (χ4n) is 1.75. The second kappa shape index (κ2) is 6.48. The van der Waals surface area contributed by atoms with Gasteiger partial charge in [-0.1, -0.05) is 6.42 Å². The molecule has 1 aliphatic rings. The monoisotopic (exact) mass is 228 g/mol. The smallest absolute Gasteiger partial charge is 0.239 e. The van der Waals surface area contributed by atoms with E-state index in [-0.39, 0.29) is 31.0 Å². The first-order valence-electron chi connectivity index (χ1n) is 5.81. The summed E-state index contributed by atoms with van der Waals surface area (Å²) in [4.78, 5) is 24.7. The molecule has 1 fully saturated rings. The van der Waals surface area contributed by atoms with E-state index < -0.39 is 0 Å². The maximum atomic E-state index is 11.6. The SMILES string of the molecule is C[C@@H](CO)NC(=O)CN1CCCCCC1=O. The lowest BCUT2D eigenvalue weighted by atomic mass is 10.2. The van der Waals surface area contributed by atoms with Crippen LogP contribution in [0.15, 0.2) is 0 Å². The highest BCUT2D eigenvalue weighted by Crippen LogP contribution is 2.10. The van der Waals surface area contributed by atoms with Crippen LogP contribution in [0, 0.1) is 0 Å². The Morgan fingerprint density at radius 1 is 1.50 bits per heavy atom. The van der Waals surface area contributed by atoms with Crippen molar-refractivity contribution in [3.8, 4) is 0 Å². The first-order valence-corrected chi connectivity index (χ1v) is 5.81. The van der Waals surface area contributed by atoms with Gasteiger partial charge in [-0.05, 0) is 19.8 Å². The third-order valence-corrected chi connectivity index (χ3v) is 2.69. The van der Waals surface area contributed by atoms with Gasteiger partial charge in [-0.15, -0.1) is 0 Å². The number of likely N-dealkylation sites (tertiary alicyclic amines) is 1. The summed E-state index contributed by atoms with van der Waals surface area (Å²) in [6, 6.07) is -0.255. The lowest BCUT2D eigenvalue weighted by Gasteiger charge is -2.21. The van der Waals surface area contributed by atoms with Gasteiger partial charge in [-0.3, -0.25) is 9.59 Å². The minimum atomic E-state index is -0.255. The van der Waals surface area contributed by atoms with Gasteiger partial charge in [0.1, 0.15) is 0 Å². The highest BCUT2D eigenvalue weighted by atomic mass is 16.3. The fourth-order valence-corrected chi connectivity index (χ4v) is 1.75. The van der Waals surface area contributed by atoms with E-state index in [4.69, 9.17) is 5.11 Å². The van der Waals surface area contributed by atoms with Gasteiger partial charge in [-0.25, -0.2) is 0 Å². The van der Waals surface area contributed by atoms with Crippen molar-refractivity contribution >= 4 is 11.8 Å². The molecule has 16 heavy (non-hydrogen) atoms. The highest BCUT2D eigenvalue weighted by molar-refractivity contribution is 5.85. The van der Waals surface area contributed by atoms with E-state index in [1.54, 1.807) is 11.8 Å². The number of hydrogen-bond donors (Lipinski definition) is 2. The van der Waals surface area contributed by atoms with E-state index in [9.17, 15) is 9.59 Å². The van der Waals surface area contributed by atoms with Crippen LogP contribution in [0.3, 0.4) is 0 Å². The summed E-state index contributed by atoms with van der Waals surface area (Å²) in [7, 11) is 0. The molecule has 0 aromatic rings. The average molecular weight is 228 g/mol. The second-order valence-electron chi connectivity index (χ2n) is 4.28. The van der Waals surface area contributed by atoms with Gasteiger partial charge in [0.05, 0.1) is 13.2 Å². The Balaban J connectivity index is 2.39. The van der Waals surface area contributed by atoms with Gasteiger partial charge >= 0.3 is 0 Å². The Morgan fingerprint density at radius 2 is 2.25 bits per heavy atom. The zero-order valence-corrected chi connectivity index (χ0v) is 9.74. The standard InChI is InChI=1S/C11H20N2O3/c1-9(8-14)12-10(15)7-13-6-4-2-3-5-11(13)16/h9,14H,2-8H2,1H3,(H,12,15)/t9-/m0/s1. The van der Waals surface area contributed by atoms with Crippen LogP contribution in [0.4, 0.5) is 0 Å². The van der Waals surface area contributed by atoms with Gasteiger partial charge in [-0.2, -0.15) is 0 Å². The Morgan fingerprint density at radius 3 is 2.94 bits per heavy atom. The molecule has 92 valence electrons. The quantitative estimate of drug-likeness (QED) is 0.705. The van der Waals surface area contributed by atoms with Gasteiger partial charge in [0.2, 0.25) is 11.8 Å². The Labute approximate surface area is 95.8 Å². The molecule has 0 bridgehead atoms. The number of aliphatic hydroxyl groups is 1. The lowest BCUT2D eigenvalue weighted by molar-refractivity contribution is -0.135. The topological polar surface area (TPSA) is 69.6 Å². The van der Waals surface area contributed by atoms with Crippen LogP contribution in [0.1, 0.15) is 32.6 Å². The Bertz CT molecular complexity index is 256. The molecule has 5 nitrogen and oxygen atoms in total. The largest absolute Gasteiger partial charge is 0.394 e. The van der Waals surface area contributed by atoms with Crippen molar-refractivity contribution in [3.05, 3.63) is 0 Å². The van der Waals surface area contributed by atoms with Crippen LogP contribution < -0.4 is 5.32 Å². The number of aliphatic hydroxyl groups excluding tert-OH is 1. The summed E-state index contributed by atoms with van der Waals surface area (Å²) in [5.74, 6) is -0.138. The van der Waals surface area contributed by atoms with Gasteiger partial charge in [0.15, 0.2) is 0 Å². The number of rotatable bonds is 4. The fraction of sp³-hybridized carbons (Fsp3) is 0.818. The molecule has 0 aromatic heterocycles. The first kappa shape index (κ1) is 13.0. The molecule has 1 aliphatic heterocycles. The average Bonchev–Trinajstić information content (AvgIpc) is 2.44. The van der Waals surface area contributed by atoms with Crippen molar-refractivity contribution < 1.29 is 14.7 Å². The van der Waals surface area contributed by atoms with Crippen molar-refractivity contribution in [2.45, 2.75) is 38.6 Å². The zero-order valence-electron chi connectivity index (χ0n) is 9.74.